The van der Waals surface area contributed by atoms with Crippen molar-refractivity contribution in [1.82, 2.24) is 5.32 Å². The summed E-state index contributed by atoms with van der Waals surface area (Å²) < 4.78 is 5.55. The standard InChI is InChI=1S/C17H20N2O2/c18-15-7-4-6-14(12-15)13-17(20)19-10-5-11-21-16-8-2-1-3-9-16/h1-4,6-9,12H,5,10-11,13,18H2,(H,19,20). The number of para-hydroxylation sites is 1. The first-order chi connectivity index (χ1) is 10.2. The van der Waals surface area contributed by atoms with Gasteiger partial charge in [-0.2, -0.15) is 0 Å². The number of hydrogen-bond donors (Lipinski definition) is 2. The first-order valence-corrected chi connectivity index (χ1v) is 7.03. The molecule has 0 aromatic heterocycles. The molecule has 0 heterocycles. The van der Waals surface area contributed by atoms with E-state index in [1.54, 1.807) is 0 Å². The Morgan fingerprint density at radius 3 is 2.67 bits per heavy atom. The molecule has 0 atom stereocenters. The zero-order valence-corrected chi connectivity index (χ0v) is 11.9. The van der Waals surface area contributed by atoms with E-state index in [0.29, 0.717) is 25.3 Å². The Kier molecular flexibility index (Phi) is 5.64. The van der Waals surface area contributed by atoms with Crippen LogP contribution in [-0.4, -0.2) is 19.1 Å². The van der Waals surface area contributed by atoms with Crippen molar-refractivity contribution in [2.75, 3.05) is 18.9 Å². The molecule has 110 valence electrons. The largest absolute Gasteiger partial charge is 0.494 e. The Balaban J connectivity index is 1.61. The summed E-state index contributed by atoms with van der Waals surface area (Å²) in [5.74, 6) is 0.851. The van der Waals surface area contributed by atoms with Crippen LogP contribution in [0.15, 0.2) is 54.6 Å². The number of nitrogen functional groups attached to an aromatic ring is 1. The molecule has 4 nitrogen and oxygen atoms in total. The number of benzene rings is 2. The van der Waals surface area contributed by atoms with E-state index in [1.807, 2.05) is 54.6 Å². The van der Waals surface area contributed by atoms with Crippen LogP contribution in [-0.2, 0) is 11.2 Å². The van der Waals surface area contributed by atoms with Crippen molar-refractivity contribution in [2.45, 2.75) is 12.8 Å². The van der Waals surface area contributed by atoms with Crippen molar-refractivity contribution in [3.8, 4) is 5.75 Å². The topological polar surface area (TPSA) is 64.4 Å². The van der Waals surface area contributed by atoms with Gasteiger partial charge in [0.25, 0.3) is 0 Å². The number of nitrogens with two attached hydrogens (primary N) is 1. The highest BCUT2D eigenvalue weighted by molar-refractivity contribution is 5.78. The van der Waals surface area contributed by atoms with Crippen molar-refractivity contribution in [2.24, 2.45) is 0 Å². The molecule has 3 N–H and O–H groups in total. The quantitative estimate of drug-likeness (QED) is 0.606. The molecule has 0 fully saturated rings. The van der Waals surface area contributed by atoms with E-state index in [0.717, 1.165) is 17.7 Å². The summed E-state index contributed by atoms with van der Waals surface area (Å²) >= 11 is 0. The fourth-order valence-corrected chi connectivity index (χ4v) is 1.96. The third kappa shape index (κ3) is 5.57. The van der Waals surface area contributed by atoms with Crippen LogP contribution >= 0.6 is 0 Å². The van der Waals surface area contributed by atoms with E-state index in [4.69, 9.17) is 10.5 Å². The van der Waals surface area contributed by atoms with Gasteiger partial charge in [0.1, 0.15) is 5.75 Å². The third-order valence-corrected chi connectivity index (χ3v) is 2.97. The maximum atomic E-state index is 11.8. The van der Waals surface area contributed by atoms with Crippen LogP contribution < -0.4 is 15.8 Å². The van der Waals surface area contributed by atoms with Crippen LogP contribution in [0.4, 0.5) is 5.69 Å². The SMILES string of the molecule is Nc1cccc(CC(=O)NCCCOc2ccccc2)c1. The first-order valence-electron chi connectivity index (χ1n) is 7.03. The summed E-state index contributed by atoms with van der Waals surface area (Å²) in [6.45, 7) is 1.19. The van der Waals surface area contributed by atoms with E-state index in [1.165, 1.54) is 0 Å². The van der Waals surface area contributed by atoms with Crippen molar-refractivity contribution >= 4 is 11.6 Å². The second kappa shape index (κ2) is 7.94. The van der Waals surface area contributed by atoms with Crippen molar-refractivity contribution in [3.05, 3.63) is 60.2 Å². The zero-order valence-electron chi connectivity index (χ0n) is 11.9. The van der Waals surface area contributed by atoms with E-state index in [9.17, 15) is 4.79 Å². The molecule has 0 aliphatic heterocycles. The molecule has 0 radical (unpaired) electrons. The summed E-state index contributed by atoms with van der Waals surface area (Å²) in [7, 11) is 0. The Morgan fingerprint density at radius 1 is 1.10 bits per heavy atom. The molecule has 0 saturated heterocycles. The van der Waals surface area contributed by atoms with E-state index in [2.05, 4.69) is 5.32 Å². The molecular formula is C17H20N2O2. The van der Waals surface area contributed by atoms with Crippen molar-refractivity contribution < 1.29 is 9.53 Å². The van der Waals surface area contributed by atoms with Crippen molar-refractivity contribution in [1.29, 1.82) is 0 Å². The molecule has 21 heavy (non-hydrogen) atoms. The third-order valence-electron chi connectivity index (χ3n) is 2.97. The van der Waals surface area contributed by atoms with Crippen LogP contribution in [0.25, 0.3) is 0 Å². The number of hydrogen-bond acceptors (Lipinski definition) is 3. The smallest absolute Gasteiger partial charge is 0.224 e. The lowest BCUT2D eigenvalue weighted by molar-refractivity contribution is -0.120. The minimum Gasteiger partial charge on any atom is -0.494 e. The second-order valence-corrected chi connectivity index (χ2v) is 4.79. The molecule has 0 spiro atoms. The van der Waals surface area contributed by atoms with Gasteiger partial charge in [0.05, 0.1) is 13.0 Å². The number of carbonyl (C=O) groups is 1. The van der Waals surface area contributed by atoms with Crippen molar-refractivity contribution in [3.63, 3.8) is 0 Å². The van der Waals surface area contributed by atoms with Crippen LogP contribution in [0.1, 0.15) is 12.0 Å². The predicted molar refractivity (Wildman–Crippen MR) is 84.1 cm³/mol. The fraction of sp³-hybridized carbons (Fsp3) is 0.235. The molecule has 2 aromatic carbocycles. The number of ether oxygens (including phenoxy) is 1. The summed E-state index contributed by atoms with van der Waals surface area (Å²) in [6.07, 6.45) is 1.13. The van der Waals surface area contributed by atoms with Crippen LogP contribution in [0.5, 0.6) is 5.75 Å². The molecule has 0 bridgehead atoms. The van der Waals surface area contributed by atoms with Gasteiger partial charge in [-0.1, -0.05) is 30.3 Å². The number of amides is 1. The van der Waals surface area contributed by atoms with Gasteiger partial charge in [0, 0.05) is 12.2 Å². The molecule has 4 heteroatoms. The van der Waals surface area contributed by atoms with Gasteiger partial charge < -0.3 is 15.8 Å². The lowest BCUT2D eigenvalue weighted by Crippen LogP contribution is -2.27. The first kappa shape index (κ1) is 14.9. The van der Waals surface area contributed by atoms with Gasteiger partial charge in [0.15, 0.2) is 0 Å². The molecule has 1 amide bonds. The van der Waals surface area contributed by atoms with E-state index in [-0.39, 0.29) is 5.91 Å². The molecule has 0 unspecified atom stereocenters. The lowest BCUT2D eigenvalue weighted by Gasteiger charge is -2.07. The molecular weight excluding hydrogens is 264 g/mol. The van der Waals surface area contributed by atoms with Gasteiger partial charge in [-0.15, -0.1) is 0 Å². The molecule has 0 aliphatic rings. The zero-order chi connectivity index (χ0) is 14.9. The molecule has 2 aromatic rings. The van der Waals surface area contributed by atoms with Gasteiger partial charge in [0.2, 0.25) is 5.91 Å². The molecule has 0 saturated carbocycles. The van der Waals surface area contributed by atoms with Gasteiger partial charge in [-0.05, 0) is 36.2 Å². The normalized spacial score (nSPS) is 10.1. The number of anilines is 1. The highest BCUT2D eigenvalue weighted by Gasteiger charge is 2.03. The highest BCUT2D eigenvalue weighted by Crippen LogP contribution is 2.08. The summed E-state index contributed by atoms with van der Waals surface area (Å²) in [6, 6.07) is 17.0. The number of nitrogens with one attached hydrogen (secondary N) is 1. The predicted octanol–water partition coefficient (Wildman–Crippen LogP) is 2.40. The van der Waals surface area contributed by atoms with Gasteiger partial charge in [-0.3, -0.25) is 4.79 Å². The van der Waals surface area contributed by atoms with Crippen LogP contribution in [0.3, 0.4) is 0 Å². The van der Waals surface area contributed by atoms with E-state index >= 15 is 0 Å². The fourth-order valence-electron chi connectivity index (χ4n) is 1.96. The van der Waals surface area contributed by atoms with Crippen LogP contribution in [0.2, 0.25) is 0 Å². The minimum absolute atomic E-state index is 0.000288. The monoisotopic (exact) mass is 284 g/mol. The summed E-state index contributed by atoms with van der Waals surface area (Å²) in [5, 5.41) is 2.88. The number of rotatable bonds is 7. The van der Waals surface area contributed by atoms with Crippen LogP contribution in [0, 0.1) is 0 Å². The minimum atomic E-state index is 0.000288. The Labute approximate surface area is 124 Å². The molecule has 0 aliphatic carbocycles. The average molecular weight is 284 g/mol. The Morgan fingerprint density at radius 2 is 1.90 bits per heavy atom. The average Bonchev–Trinajstić information content (AvgIpc) is 2.48. The van der Waals surface area contributed by atoms with E-state index < -0.39 is 0 Å². The molecule has 2 rings (SSSR count). The maximum absolute atomic E-state index is 11.8. The summed E-state index contributed by atoms with van der Waals surface area (Å²) in [4.78, 5) is 11.8. The second-order valence-electron chi connectivity index (χ2n) is 4.79. The highest BCUT2D eigenvalue weighted by atomic mass is 16.5. The maximum Gasteiger partial charge on any atom is 0.224 e. The Hall–Kier alpha value is -2.49. The number of carbonyl (C=O) groups excluding carboxylic acids is 1. The lowest BCUT2D eigenvalue weighted by atomic mass is 10.1. The van der Waals surface area contributed by atoms with Gasteiger partial charge >= 0.3 is 0 Å². The van der Waals surface area contributed by atoms with Gasteiger partial charge in [-0.25, -0.2) is 0 Å². The Bertz CT molecular complexity index is 570. The summed E-state index contributed by atoms with van der Waals surface area (Å²) in [5.41, 5.74) is 7.28.